The SMILES string of the molecule is O=C(Nc1ccc(O)cc1)c1cccnc1N1CCOCC1. The van der Waals surface area contributed by atoms with E-state index < -0.39 is 0 Å². The van der Waals surface area contributed by atoms with Crippen molar-refractivity contribution < 1.29 is 14.6 Å². The molecule has 114 valence electrons. The number of aromatic hydroxyl groups is 1. The van der Waals surface area contributed by atoms with Gasteiger partial charge in [-0.25, -0.2) is 4.98 Å². The Labute approximate surface area is 128 Å². The quantitative estimate of drug-likeness (QED) is 0.846. The average molecular weight is 299 g/mol. The molecule has 1 aromatic carbocycles. The molecule has 0 spiro atoms. The van der Waals surface area contributed by atoms with Gasteiger partial charge in [-0.3, -0.25) is 4.79 Å². The zero-order valence-corrected chi connectivity index (χ0v) is 12.0. The van der Waals surface area contributed by atoms with Crippen LogP contribution < -0.4 is 10.2 Å². The highest BCUT2D eigenvalue weighted by atomic mass is 16.5. The summed E-state index contributed by atoms with van der Waals surface area (Å²) in [6.45, 7) is 2.71. The van der Waals surface area contributed by atoms with Crippen molar-refractivity contribution in [2.24, 2.45) is 0 Å². The molecular formula is C16H17N3O3. The van der Waals surface area contributed by atoms with Gasteiger partial charge in [-0.1, -0.05) is 0 Å². The predicted octanol–water partition coefficient (Wildman–Crippen LogP) is 1.88. The minimum absolute atomic E-state index is 0.161. The van der Waals surface area contributed by atoms with Gasteiger partial charge in [-0.05, 0) is 36.4 Å². The molecule has 0 unspecified atom stereocenters. The van der Waals surface area contributed by atoms with Crippen molar-refractivity contribution in [2.75, 3.05) is 36.5 Å². The van der Waals surface area contributed by atoms with Crippen molar-refractivity contribution in [3.8, 4) is 5.75 Å². The summed E-state index contributed by atoms with van der Waals surface area (Å²) in [7, 11) is 0. The van der Waals surface area contributed by atoms with Crippen LogP contribution in [0.3, 0.4) is 0 Å². The van der Waals surface area contributed by atoms with Gasteiger partial charge in [0.2, 0.25) is 0 Å². The van der Waals surface area contributed by atoms with Crippen molar-refractivity contribution in [1.82, 2.24) is 4.98 Å². The number of phenolic OH excluding ortho intramolecular Hbond substituents is 1. The van der Waals surface area contributed by atoms with E-state index in [-0.39, 0.29) is 11.7 Å². The van der Waals surface area contributed by atoms with Crippen molar-refractivity contribution in [3.63, 3.8) is 0 Å². The van der Waals surface area contributed by atoms with Crippen molar-refractivity contribution >= 4 is 17.4 Å². The number of morpholine rings is 1. The van der Waals surface area contributed by atoms with E-state index in [2.05, 4.69) is 15.2 Å². The summed E-state index contributed by atoms with van der Waals surface area (Å²) in [6, 6.07) is 9.86. The van der Waals surface area contributed by atoms with Gasteiger partial charge in [-0.2, -0.15) is 0 Å². The Morgan fingerprint density at radius 3 is 2.64 bits per heavy atom. The van der Waals surface area contributed by atoms with E-state index in [9.17, 15) is 9.90 Å². The molecule has 1 amide bonds. The molecule has 1 aromatic heterocycles. The van der Waals surface area contributed by atoms with Gasteiger partial charge in [0.05, 0.1) is 18.8 Å². The molecule has 1 aliphatic heterocycles. The Morgan fingerprint density at radius 2 is 1.91 bits per heavy atom. The van der Waals surface area contributed by atoms with Gasteiger partial charge in [0.1, 0.15) is 11.6 Å². The van der Waals surface area contributed by atoms with Crippen LogP contribution in [0.1, 0.15) is 10.4 Å². The molecule has 1 saturated heterocycles. The maximum absolute atomic E-state index is 12.5. The molecule has 22 heavy (non-hydrogen) atoms. The molecule has 0 radical (unpaired) electrons. The number of pyridine rings is 1. The lowest BCUT2D eigenvalue weighted by atomic mass is 10.2. The normalized spacial score (nSPS) is 14.6. The number of rotatable bonds is 3. The van der Waals surface area contributed by atoms with Crippen molar-refractivity contribution in [1.29, 1.82) is 0 Å². The second kappa shape index (κ2) is 6.44. The maximum atomic E-state index is 12.5. The Hall–Kier alpha value is -2.60. The summed E-state index contributed by atoms with van der Waals surface area (Å²) < 4.78 is 5.33. The standard InChI is InChI=1S/C16H17N3O3/c20-13-5-3-12(4-6-13)18-16(21)14-2-1-7-17-15(14)19-8-10-22-11-9-19/h1-7,20H,8-11H2,(H,18,21). The second-order valence-corrected chi connectivity index (χ2v) is 4.97. The Morgan fingerprint density at radius 1 is 1.18 bits per heavy atom. The lowest BCUT2D eigenvalue weighted by molar-refractivity contribution is 0.102. The van der Waals surface area contributed by atoms with Gasteiger partial charge >= 0.3 is 0 Å². The summed E-state index contributed by atoms with van der Waals surface area (Å²) >= 11 is 0. The summed E-state index contributed by atoms with van der Waals surface area (Å²) in [5.74, 6) is 0.607. The van der Waals surface area contributed by atoms with Crippen LogP contribution in [0.25, 0.3) is 0 Å². The van der Waals surface area contributed by atoms with E-state index in [0.29, 0.717) is 30.3 Å². The number of hydrogen-bond donors (Lipinski definition) is 2. The van der Waals surface area contributed by atoms with E-state index in [1.807, 2.05) is 0 Å². The van der Waals surface area contributed by atoms with Gasteiger partial charge in [0, 0.05) is 25.0 Å². The topological polar surface area (TPSA) is 74.7 Å². The molecule has 0 bridgehead atoms. The molecule has 0 atom stereocenters. The molecule has 0 aliphatic carbocycles. The number of nitrogens with zero attached hydrogens (tertiary/aromatic N) is 2. The smallest absolute Gasteiger partial charge is 0.259 e. The number of benzene rings is 1. The molecule has 3 rings (SSSR count). The van der Waals surface area contributed by atoms with Crippen LogP contribution in [0.4, 0.5) is 11.5 Å². The lowest BCUT2D eigenvalue weighted by Crippen LogP contribution is -2.38. The zero-order valence-electron chi connectivity index (χ0n) is 12.0. The zero-order chi connectivity index (χ0) is 15.4. The van der Waals surface area contributed by atoms with Gasteiger partial charge in [0.15, 0.2) is 0 Å². The third-order valence-corrected chi connectivity index (χ3v) is 3.47. The highest BCUT2D eigenvalue weighted by Gasteiger charge is 2.19. The van der Waals surface area contributed by atoms with Crippen LogP contribution in [0.5, 0.6) is 5.75 Å². The predicted molar refractivity (Wildman–Crippen MR) is 83.3 cm³/mol. The van der Waals surface area contributed by atoms with E-state index in [1.165, 1.54) is 12.1 Å². The average Bonchev–Trinajstić information content (AvgIpc) is 2.58. The van der Waals surface area contributed by atoms with Gasteiger partial charge in [0.25, 0.3) is 5.91 Å². The minimum atomic E-state index is -0.222. The highest BCUT2D eigenvalue weighted by molar-refractivity contribution is 6.07. The summed E-state index contributed by atoms with van der Waals surface area (Å²) in [6.07, 6.45) is 1.68. The third kappa shape index (κ3) is 3.17. The number of nitrogens with one attached hydrogen (secondary N) is 1. The Kier molecular flexibility index (Phi) is 4.20. The van der Waals surface area contributed by atoms with Crippen LogP contribution >= 0.6 is 0 Å². The van der Waals surface area contributed by atoms with Gasteiger partial charge < -0.3 is 20.1 Å². The molecule has 1 fully saturated rings. The molecule has 6 heteroatoms. The summed E-state index contributed by atoms with van der Waals surface area (Å²) in [5.41, 5.74) is 1.15. The molecule has 0 saturated carbocycles. The van der Waals surface area contributed by atoms with Crippen molar-refractivity contribution in [2.45, 2.75) is 0 Å². The number of carbonyl (C=O) groups excluding carboxylic acids is 1. The summed E-state index contributed by atoms with van der Waals surface area (Å²) in [5, 5.41) is 12.1. The van der Waals surface area contributed by atoms with Gasteiger partial charge in [-0.15, -0.1) is 0 Å². The second-order valence-electron chi connectivity index (χ2n) is 4.97. The minimum Gasteiger partial charge on any atom is -0.508 e. The highest BCUT2D eigenvalue weighted by Crippen LogP contribution is 2.21. The van der Waals surface area contributed by atoms with Crippen LogP contribution in [0, 0.1) is 0 Å². The fourth-order valence-electron chi connectivity index (χ4n) is 2.34. The molecule has 2 N–H and O–H groups in total. The Balaban J connectivity index is 1.81. The van der Waals surface area contributed by atoms with E-state index in [1.54, 1.807) is 30.5 Å². The number of amides is 1. The molecule has 6 nitrogen and oxygen atoms in total. The first-order valence-electron chi connectivity index (χ1n) is 7.12. The fourth-order valence-corrected chi connectivity index (χ4v) is 2.34. The summed E-state index contributed by atoms with van der Waals surface area (Å²) in [4.78, 5) is 18.9. The maximum Gasteiger partial charge on any atom is 0.259 e. The number of ether oxygens (including phenoxy) is 1. The van der Waals surface area contributed by atoms with E-state index >= 15 is 0 Å². The van der Waals surface area contributed by atoms with Crippen LogP contribution in [-0.4, -0.2) is 42.3 Å². The van der Waals surface area contributed by atoms with Crippen molar-refractivity contribution in [3.05, 3.63) is 48.2 Å². The number of aromatic nitrogens is 1. The first-order valence-corrected chi connectivity index (χ1v) is 7.12. The van der Waals surface area contributed by atoms with Crippen LogP contribution in [0.15, 0.2) is 42.6 Å². The third-order valence-electron chi connectivity index (χ3n) is 3.47. The van der Waals surface area contributed by atoms with Crippen LogP contribution in [0.2, 0.25) is 0 Å². The Bertz CT molecular complexity index is 652. The number of anilines is 2. The molecular weight excluding hydrogens is 282 g/mol. The first kappa shape index (κ1) is 14.3. The first-order chi connectivity index (χ1) is 10.7. The molecule has 2 heterocycles. The number of hydrogen-bond acceptors (Lipinski definition) is 5. The van der Waals surface area contributed by atoms with E-state index in [4.69, 9.17) is 4.74 Å². The number of carbonyl (C=O) groups is 1. The molecule has 1 aliphatic rings. The molecule has 2 aromatic rings. The number of phenols is 1. The van der Waals surface area contributed by atoms with E-state index in [0.717, 1.165) is 13.1 Å². The van der Waals surface area contributed by atoms with Crippen LogP contribution in [-0.2, 0) is 4.74 Å². The lowest BCUT2D eigenvalue weighted by Gasteiger charge is -2.29. The monoisotopic (exact) mass is 299 g/mol. The fraction of sp³-hybridized carbons (Fsp3) is 0.250. The largest absolute Gasteiger partial charge is 0.508 e.